The lowest BCUT2D eigenvalue weighted by atomic mass is 9.95. The van der Waals surface area contributed by atoms with Crippen LogP contribution in [0.2, 0.25) is 0 Å². The van der Waals surface area contributed by atoms with E-state index in [9.17, 15) is 19.2 Å². The molecule has 1 aliphatic heterocycles. The molecule has 204 valence electrons. The zero-order valence-corrected chi connectivity index (χ0v) is 22.2. The largest absolute Gasteiger partial charge is 0.478 e. The minimum atomic E-state index is -1.10. The Bertz CT molecular complexity index is 1150. The summed E-state index contributed by atoms with van der Waals surface area (Å²) in [5.74, 6) is -1.97. The van der Waals surface area contributed by atoms with Gasteiger partial charge in [-0.2, -0.15) is 0 Å². The molecule has 1 heterocycles. The number of carbonyl (C=O) groups excluding carboxylic acids is 3. The number of nitrogens with one attached hydrogen (secondary N) is 2. The van der Waals surface area contributed by atoms with Gasteiger partial charge in [-0.3, -0.25) is 19.3 Å². The van der Waals surface area contributed by atoms with Gasteiger partial charge in [0.05, 0.1) is 13.1 Å². The number of carboxylic acid groups (broad SMARTS) is 1. The number of piperidine rings is 1. The maximum Gasteiger partial charge on any atom is 0.328 e. The summed E-state index contributed by atoms with van der Waals surface area (Å²) < 4.78 is 0. The van der Waals surface area contributed by atoms with Gasteiger partial charge in [0.25, 0.3) is 0 Å². The van der Waals surface area contributed by atoms with Crippen molar-refractivity contribution in [3.8, 4) is 0 Å². The Morgan fingerprint density at radius 2 is 1.76 bits per heavy atom. The minimum Gasteiger partial charge on any atom is -0.478 e. The fraction of sp³-hybridized carbons (Fsp3) is 0.448. The fourth-order valence-electron chi connectivity index (χ4n) is 4.96. The summed E-state index contributed by atoms with van der Waals surface area (Å²) in [4.78, 5) is 52.0. The lowest BCUT2D eigenvalue weighted by molar-refractivity contribution is -0.139. The summed E-state index contributed by atoms with van der Waals surface area (Å²) in [7, 11) is 0. The van der Waals surface area contributed by atoms with E-state index in [1.165, 1.54) is 22.4 Å². The highest BCUT2D eigenvalue weighted by Crippen LogP contribution is 2.31. The predicted molar refractivity (Wildman–Crippen MR) is 146 cm³/mol. The molecule has 2 aromatic rings. The second-order valence-corrected chi connectivity index (χ2v) is 9.60. The third-order valence-corrected chi connectivity index (χ3v) is 6.98. The number of hydrogen-bond acceptors (Lipinski definition) is 5. The van der Waals surface area contributed by atoms with Crippen molar-refractivity contribution in [1.82, 2.24) is 20.4 Å². The van der Waals surface area contributed by atoms with Crippen molar-refractivity contribution in [3.05, 3.63) is 60.2 Å². The van der Waals surface area contributed by atoms with Crippen LogP contribution in [0.25, 0.3) is 10.8 Å². The first kappa shape index (κ1) is 28.8. The first-order valence-electron chi connectivity index (χ1n) is 13.2. The van der Waals surface area contributed by atoms with Crippen molar-refractivity contribution in [2.75, 3.05) is 32.7 Å². The van der Waals surface area contributed by atoms with Crippen molar-refractivity contribution in [3.63, 3.8) is 0 Å². The van der Waals surface area contributed by atoms with Crippen molar-refractivity contribution in [1.29, 1.82) is 0 Å². The van der Waals surface area contributed by atoms with E-state index in [1.807, 2.05) is 13.0 Å². The smallest absolute Gasteiger partial charge is 0.328 e. The van der Waals surface area contributed by atoms with Crippen LogP contribution < -0.4 is 10.6 Å². The number of carbonyl (C=O) groups is 4. The second kappa shape index (κ2) is 14.3. The summed E-state index contributed by atoms with van der Waals surface area (Å²) in [6.07, 6.45) is 4.85. The Morgan fingerprint density at radius 1 is 1.05 bits per heavy atom. The molecule has 3 rings (SSSR count). The van der Waals surface area contributed by atoms with Crippen molar-refractivity contribution < 1.29 is 24.3 Å². The molecule has 9 heteroatoms. The number of fused-ring (bicyclic) bond motifs is 1. The highest BCUT2D eigenvalue weighted by atomic mass is 16.4. The van der Waals surface area contributed by atoms with Crippen LogP contribution >= 0.6 is 0 Å². The van der Waals surface area contributed by atoms with Crippen LogP contribution in [0.5, 0.6) is 0 Å². The Labute approximate surface area is 223 Å². The van der Waals surface area contributed by atoms with E-state index < -0.39 is 17.8 Å². The van der Waals surface area contributed by atoms with E-state index in [2.05, 4.69) is 58.9 Å². The van der Waals surface area contributed by atoms with Crippen molar-refractivity contribution in [2.24, 2.45) is 0 Å². The molecule has 0 unspecified atom stereocenters. The fourth-order valence-corrected chi connectivity index (χ4v) is 4.96. The molecule has 0 bridgehead atoms. The lowest BCUT2D eigenvalue weighted by Gasteiger charge is -2.41. The molecule has 3 amide bonds. The Balaban J connectivity index is 1.55. The molecular weight excluding hydrogens is 484 g/mol. The first-order valence-corrected chi connectivity index (χ1v) is 13.2. The molecule has 2 aromatic carbocycles. The molecule has 9 nitrogen and oxygen atoms in total. The third kappa shape index (κ3) is 8.14. The average molecular weight is 523 g/mol. The molecule has 1 aliphatic rings. The van der Waals surface area contributed by atoms with E-state index in [1.54, 1.807) is 4.90 Å². The maximum atomic E-state index is 12.9. The number of carboxylic acids is 1. The van der Waals surface area contributed by atoms with Gasteiger partial charge in [0.15, 0.2) is 0 Å². The summed E-state index contributed by atoms with van der Waals surface area (Å²) >= 11 is 0. The van der Waals surface area contributed by atoms with Crippen molar-refractivity contribution >= 4 is 34.5 Å². The Hall–Kier alpha value is -3.72. The normalized spacial score (nSPS) is 15.3. The van der Waals surface area contributed by atoms with E-state index >= 15 is 0 Å². The molecule has 1 saturated heterocycles. The highest BCUT2D eigenvalue weighted by molar-refractivity contribution is 5.88. The van der Waals surface area contributed by atoms with Crippen LogP contribution in [0.4, 0.5) is 0 Å². The van der Waals surface area contributed by atoms with Gasteiger partial charge in [0.1, 0.15) is 0 Å². The third-order valence-electron chi connectivity index (χ3n) is 6.98. The number of hydrogen-bond donors (Lipinski definition) is 3. The van der Waals surface area contributed by atoms with Crippen LogP contribution in [0.3, 0.4) is 0 Å². The monoisotopic (exact) mass is 522 g/mol. The minimum absolute atomic E-state index is 0.0363. The lowest BCUT2D eigenvalue weighted by Crippen LogP contribution is -2.51. The number of aliphatic carboxylic acids is 1. The number of rotatable bonds is 12. The molecule has 3 N–H and O–H groups in total. The average Bonchev–Trinajstić information content (AvgIpc) is 2.92. The molecule has 1 fully saturated rings. The zero-order chi connectivity index (χ0) is 27.5. The second-order valence-electron chi connectivity index (χ2n) is 9.60. The highest BCUT2D eigenvalue weighted by Gasteiger charge is 2.31. The van der Waals surface area contributed by atoms with Gasteiger partial charge in [-0.25, -0.2) is 4.79 Å². The maximum absolute atomic E-state index is 12.9. The summed E-state index contributed by atoms with van der Waals surface area (Å²) in [6, 6.07) is 15.0. The number of nitrogens with zero attached hydrogens (tertiary/aromatic N) is 2. The number of amides is 3. The Morgan fingerprint density at radius 3 is 2.47 bits per heavy atom. The molecule has 0 spiro atoms. The topological polar surface area (TPSA) is 119 Å². The van der Waals surface area contributed by atoms with Crippen molar-refractivity contribution in [2.45, 2.75) is 51.6 Å². The van der Waals surface area contributed by atoms with Gasteiger partial charge in [0.2, 0.25) is 17.7 Å². The quantitative estimate of drug-likeness (QED) is 0.369. The first-order chi connectivity index (χ1) is 18.3. The standard InChI is InChI=1S/C29H38N4O5/c1-3-8-28(36)33(20-27(35)31-19-26(34)30-16-7-13-29(37)38)23-14-17-32(18-15-23)21(2)24-12-6-10-22-9-4-5-11-25(22)24/h4-7,9-13,21,23H,3,8,14-20H2,1-2H3,(H,30,34)(H,31,35)(H,37,38)/b13-7+/t21-/m1/s1. The van der Waals surface area contributed by atoms with Gasteiger partial charge in [0, 0.05) is 44.2 Å². The van der Waals surface area contributed by atoms with Gasteiger partial charge in [-0.15, -0.1) is 0 Å². The van der Waals surface area contributed by atoms with Crippen LogP contribution in [0, 0.1) is 0 Å². The molecule has 1 atom stereocenters. The number of benzene rings is 2. The van der Waals surface area contributed by atoms with Crippen LogP contribution in [0.1, 0.15) is 51.1 Å². The molecule has 0 aliphatic carbocycles. The molecule has 0 saturated carbocycles. The van der Waals surface area contributed by atoms with Crippen LogP contribution in [-0.2, 0) is 19.2 Å². The summed E-state index contributed by atoms with van der Waals surface area (Å²) in [5, 5.41) is 16.1. The van der Waals surface area contributed by atoms with E-state index in [4.69, 9.17) is 5.11 Å². The Kier molecular flexibility index (Phi) is 10.8. The van der Waals surface area contributed by atoms with E-state index in [0.29, 0.717) is 12.8 Å². The summed E-state index contributed by atoms with van der Waals surface area (Å²) in [5.41, 5.74) is 1.29. The van der Waals surface area contributed by atoms with Crippen LogP contribution in [0.15, 0.2) is 54.6 Å². The van der Waals surface area contributed by atoms with E-state index in [-0.39, 0.29) is 37.6 Å². The van der Waals surface area contributed by atoms with Gasteiger partial charge in [-0.1, -0.05) is 55.5 Å². The van der Waals surface area contributed by atoms with Gasteiger partial charge in [-0.05, 0) is 42.5 Å². The molecule has 0 radical (unpaired) electrons. The zero-order valence-electron chi connectivity index (χ0n) is 22.2. The molecule has 0 aromatic heterocycles. The molecule has 38 heavy (non-hydrogen) atoms. The van der Waals surface area contributed by atoms with Crippen LogP contribution in [-0.4, -0.2) is 77.4 Å². The van der Waals surface area contributed by atoms with E-state index in [0.717, 1.165) is 32.0 Å². The predicted octanol–water partition coefficient (Wildman–Crippen LogP) is 2.87. The summed E-state index contributed by atoms with van der Waals surface area (Å²) in [6.45, 7) is 5.52. The van der Waals surface area contributed by atoms with Gasteiger partial charge < -0.3 is 20.6 Å². The molecular formula is C29H38N4O5. The SMILES string of the molecule is CCCC(=O)N(CC(=O)NCC(=O)NC/C=C/C(=O)O)C1CCN([C@H](C)c2cccc3ccccc23)CC1. The van der Waals surface area contributed by atoms with Gasteiger partial charge >= 0.3 is 5.97 Å². The number of likely N-dealkylation sites (tertiary alicyclic amines) is 1.